The average Bonchev–Trinajstić information content (AvgIpc) is 2.46. The number of nitrogens with zero attached hydrogens (tertiary/aromatic N) is 1. The van der Waals surface area contributed by atoms with Crippen molar-refractivity contribution in [2.45, 2.75) is 13.5 Å². The first-order valence-corrected chi connectivity index (χ1v) is 6.15. The van der Waals surface area contributed by atoms with Crippen molar-refractivity contribution in [1.29, 1.82) is 0 Å². The number of carbonyl (C=O) groups is 1. The maximum absolute atomic E-state index is 11.0. The number of carboxylic acid groups (broad SMARTS) is 1. The van der Waals surface area contributed by atoms with Crippen LogP contribution >= 0.6 is 0 Å². The van der Waals surface area contributed by atoms with Crippen LogP contribution in [0.15, 0.2) is 42.5 Å². The lowest BCUT2D eigenvalue weighted by Crippen LogP contribution is -2.22. The zero-order chi connectivity index (χ0) is 15.4. The molecule has 0 aliphatic rings. The van der Waals surface area contributed by atoms with Crippen molar-refractivity contribution in [3.05, 3.63) is 69.3 Å². The number of hydrogen-bond acceptors (Lipinski definition) is 5. The third-order valence-corrected chi connectivity index (χ3v) is 2.87. The highest BCUT2D eigenvalue weighted by Crippen LogP contribution is 2.28. The van der Waals surface area contributed by atoms with Gasteiger partial charge in [0.15, 0.2) is 5.75 Å². The summed E-state index contributed by atoms with van der Waals surface area (Å²) in [5.74, 6) is -1.14. The van der Waals surface area contributed by atoms with E-state index in [1.54, 1.807) is 25.1 Å². The first kappa shape index (κ1) is 14.5. The van der Waals surface area contributed by atoms with Gasteiger partial charge in [0.2, 0.25) is 0 Å². The second-order valence-corrected chi connectivity index (χ2v) is 4.50. The summed E-state index contributed by atoms with van der Waals surface area (Å²) in [5.41, 5.74) is 1.26. The quantitative estimate of drug-likeness (QED) is 0.617. The van der Waals surface area contributed by atoms with Crippen molar-refractivity contribution >= 4 is 11.7 Å². The summed E-state index contributed by atoms with van der Waals surface area (Å²) >= 11 is 0. The molecule has 0 fully saturated rings. The molecule has 2 aromatic carbocycles. The second-order valence-electron chi connectivity index (χ2n) is 4.50. The van der Waals surface area contributed by atoms with Gasteiger partial charge in [-0.1, -0.05) is 24.3 Å². The van der Waals surface area contributed by atoms with Crippen LogP contribution < -0.4 is 9.84 Å². The van der Waals surface area contributed by atoms with E-state index in [0.29, 0.717) is 5.56 Å². The first-order valence-electron chi connectivity index (χ1n) is 6.15. The van der Waals surface area contributed by atoms with Gasteiger partial charge in [0.25, 0.3) is 0 Å². The number of nitro benzene ring substituents is 1. The molecular weight excluding hydrogens is 274 g/mol. The largest absolute Gasteiger partial charge is 0.545 e. The molecule has 0 aliphatic heterocycles. The molecule has 0 spiro atoms. The average molecular weight is 286 g/mol. The van der Waals surface area contributed by atoms with Crippen molar-refractivity contribution in [1.82, 2.24) is 0 Å². The highest BCUT2D eigenvalue weighted by molar-refractivity contribution is 5.85. The van der Waals surface area contributed by atoms with Crippen LogP contribution in [0.2, 0.25) is 0 Å². The van der Waals surface area contributed by atoms with E-state index < -0.39 is 10.9 Å². The van der Waals surface area contributed by atoms with Gasteiger partial charge in [-0.3, -0.25) is 10.1 Å². The number of ether oxygens (including phenoxy) is 1. The Morgan fingerprint density at radius 1 is 1.24 bits per heavy atom. The van der Waals surface area contributed by atoms with Gasteiger partial charge in [0.1, 0.15) is 6.61 Å². The minimum atomic E-state index is -1.28. The summed E-state index contributed by atoms with van der Waals surface area (Å²) in [5, 5.41) is 21.7. The van der Waals surface area contributed by atoms with Crippen molar-refractivity contribution in [3.8, 4) is 5.75 Å². The Morgan fingerprint density at radius 3 is 2.67 bits per heavy atom. The molecule has 21 heavy (non-hydrogen) atoms. The van der Waals surface area contributed by atoms with Gasteiger partial charge >= 0.3 is 5.69 Å². The van der Waals surface area contributed by atoms with Crippen LogP contribution in [0.3, 0.4) is 0 Å². The van der Waals surface area contributed by atoms with Crippen molar-refractivity contribution < 1.29 is 19.6 Å². The number of hydrogen-bond donors (Lipinski definition) is 0. The molecular formula is C15H12NO5-. The lowest BCUT2D eigenvalue weighted by Gasteiger charge is -2.09. The number of nitro groups is 1. The van der Waals surface area contributed by atoms with Crippen LogP contribution in [0.1, 0.15) is 21.5 Å². The number of rotatable bonds is 5. The number of carboxylic acids is 1. The third kappa shape index (κ3) is 3.56. The Kier molecular flexibility index (Phi) is 4.18. The summed E-state index contributed by atoms with van der Waals surface area (Å²) in [7, 11) is 0. The molecule has 0 aliphatic carbocycles. The minimum absolute atomic E-state index is 0.0328. The topological polar surface area (TPSA) is 92.5 Å². The van der Waals surface area contributed by atoms with Crippen LogP contribution in [0, 0.1) is 17.0 Å². The summed E-state index contributed by atoms with van der Waals surface area (Å²) in [6.45, 7) is 1.78. The van der Waals surface area contributed by atoms with E-state index in [1.165, 1.54) is 24.3 Å². The van der Waals surface area contributed by atoms with E-state index in [-0.39, 0.29) is 23.6 Å². The maximum atomic E-state index is 11.0. The summed E-state index contributed by atoms with van der Waals surface area (Å²) in [6, 6.07) is 10.7. The van der Waals surface area contributed by atoms with Crippen LogP contribution in [0.25, 0.3) is 0 Å². The van der Waals surface area contributed by atoms with E-state index in [4.69, 9.17) is 4.74 Å². The molecule has 6 heteroatoms. The molecule has 0 N–H and O–H groups in total. The predicted octanol–water partition coefficient (Wildman–Crippen LogP) is 1.85. The fraction of sp³-hybridized carbons (Fsp3) is 0.133. The molecule has 0 heterocycles. The molecule has 108 valence electrons. The fourth-order valence-corrected chi connectivity index (χ4v) is 1.84. The van der Waals surface area contributed by atoms with Gasteiger partial charge in [-0.2, -0.15) is 0 Å². The molecule has 0 amide bonds. The van der Waals surface area contributed by atoms with E-state index >= 15 is 0 Å². The van der Waals surface area contributed by atoms with E-state index in [0.717, 1.165) is 5.56 Å². The van der Waals surface area contributed by atoms with Gasteiger partial charge in [-0.25, -0.2) is 0 Å². The first-order chi connectivity index (χ1) is 9.97. The van der Waals surface area contributed by atoms with Crippen molar-refractivity contribution in [2.75, 3.05) is 0 Å². The molecule has 0 saturated heterocycles. The number of aryl methyl sites for hydroxylation is 1. The van der Waals surface area contributed by atoms with Crippen LogP contribution in [0.5, 0.6) is 5.75 Å². The van der Waals surface area contributed by atoms with E-state index in [2.05, 4.69) is 0 Å². The summed E-state index contributed by atoms with van der Waals surface area (Å²) in [4.78, 5) is 21.2. The van der Waals surface area contributed by atoms with Crippen LogP contribution in [-0.2, 0) is 6.61 Å². The summed E-state index contributed by atoms with van der Waals surface area (Å²) in [6.07, 6.45) is 0. The normalized spacial score (nSPS) is 10.1. The highest BCUT2D eigenvalue weighted by Gasteiger charge is 2.15. The van der Waals surface area contributed by atoms with E-state index in [1.807, 2.05) is 0 Å². The Bertz CT molecular complexity index is 696. The van der Waals surface area contributed by atoms with Gasteiger partial charge in [0, 0.05) is 6.07 Å². The molecule has 0 bridgehead atoms. The zero-order valence-electron chi connectivity index (χ0n) is 11.2. The lowest BCUT2D eigenvalue weighted by molar-refractivity contribution is -0.386. The Labute approximate surface area is 120 Å². The number of aromatic carboxylic acids is 1. The molecule has 0 saturated carbocycles. The second kappa shape index (κ2) is 6.04. The Balaban J connectivity index is 2.18. The molecule has 2 rings (SSSR count). The third-order valence-electron chi connectivity index (χ3n) is 2.87. The predicted molar refractivity (Wildman–Crippen MR) is 72.9 cm³/mol. The van der Waals surface area contributed by atoms with Gasteiger partial charge in [0.05, 0.1) is 10.9 Å². The number of carbonyl (C=O) groups excluding carboxylic acids is 1. The Morgan fingerprint density at radius 2 is 2.00 bits per heavy atom. The summed E-state index contributed by atoms with van der Waals surface area (Å²) < 4.78 is 5.42. The standard InChI is InChI=1S/C15H13NO5/c1-10-5-6-14(13(7-10)16(19)20)21-9-11-3-2-4-12(8-11)15(17)18/h2-8H,9H2,1H3,(H,17,18)/p-1. The molecule has 6 nitrogen and oxygen atoms in total. The van der Waals surface area contributed by atoms with Gasteiger partial charge in [-0.15, -0.1) is 0 Å². The minimum Gasteiger partial charge on any atom is -0.545 e. The fourth-order valence-electron chi connectivity index (χ4n) is 1.84. The van der Waals surface area contributed by atoms with E-state index in [9.17, 15) is 20.0 Å². The number of benzene rings is 2. The lowest BCUT2D eigenvalue weighted by atomic mass is 10.1. The molecule has 2 aromatic rings. The highest BCUT2D eigenvalue weighted by atomic mass is 16.6. The Hall–Kier alpha value is -2.89. The van der Waals surface area contributed by atoms with Gasteiger partial charge < -0.3 is 14.6 Å². The molecule has 0 atom stereocenters. The van der Waals surface area contributed by atoms with Crippen molar-refractivity contribution in [3.63, 3.8) is 0 Å². The molecule has 0 radical (unpaired) electrons. The maximum Gasteiger partial charge on any atom is 0.311 e. The molecule has 0 unspecified atom stereocenters. The molecule has 0 aromatic heterocycles. The zero-order valence-corrected chi connectivity index (χ0v) is 11.2. The smallest absolute Gasteiger partial charge is 0.311 e. The van der Waals surface area contributed by atoms with Crippen LogP contribution in [0.4, 0.5) is 5.69 Å². The van der Waals surface area contributed by atoms with Gasteiger partial charge in [-0.05, 0) is 35.7 Å². The monoisotopic (exact) mass is 286 g/mol. The SMILES string of the molecule is Cc1ccc(OCc2cccc(C(=O)[O-])c2)c([N+](=O)[O-])c1. The van der Waals surface area contributed by atoms with Crippen LogP contribution in [-0.4, -0.2) is 10.9 Å². The van der Waals surface area contributed by atoms with Crippen molar-refractivity contribution in [2.24, 2.45) is 0 Å².